The second-order valence-corrected chi connectivity index (χ2v) is 7.67. The molecule has 20 heavy (non-hydrogen) atoms. The summed E-state index contributed by atoms with van der Waals surface area (Å²) in [5, 5.41) is 0. The molecule has 1 rings (SSSR count). The second kappa shape index (κ2) is 9.27. The van der Waals surface area contributed by atoms with E-state index >= 15 is 0 Å². The van der Waals surface area contributed by atoms with Gasteiger partial charge >= 0.3 is 0 Å². The average Bonchev–Trinajstić information content (AvgIpc) is 2.34. The van der Waals surface area contributed by atoms with E-state index in [0.29, 0.717) is 6.10 Å². The second-order valence-electron chi connectivity index (χ2n) is 7.67. The van der Waals surface area contributed by atoms with Gasteiger partial charge in [0.2, 0.25) is 0 Å². The molecule has 0 aromatic rings. The molecule has 0 amide bonds. The van der Waals surface area contributed by atoms with Crippen LogP contribution in [0.1, 0.15) is 59.8 Å². The molecule has 0 saturated heterocycles. The van der Waals surface area contributed by atoms with E-state index in [1.165, 1.54) is 38.6 Å². The summed E-state index contributed by atoms with van der Waals surface area (Å²) < 4.78 is 7.36. The van der Waals surface area contributed by atoms with E-state index in [2.05, 4.69) is 41.8 Å². The molecule has 0 aromatic carbocycles. The Kier molecular flexibility index (Phi) is 9.37. The molecule has 1 saturated carbocycles. The fourth-order valence-electron chi connectivity index (χ4n) is 3.25. The van der Waals surface area contributed by atoms with Crippen LogP contribution in [-0.4, -0.2) is 38.0 Å². The highest BCUT2D eigenvalue weighted by molar-refractivity contribution is 4.81. The van der Waals surface area contributed by atoms with Gasteiger partial charge in [0, 0.05) is 0 Å². The number of quaternary nitrogens is 1. The molecular weight excluding hydrogens is 270 g/mol. The third-order valence-electron chi connectivity index (χ3n) is 4.72. The minimum Gasteiger partial charge on any atom is -1.00 e. The van der Waals surface area contributed by atoms with Gasteiger partial charge in [0.15, 0.2) is 6.73 Å². The van der Waals surface area contributed by atoms with Crippen molar-refractivity contribution >= 4 is 0 Å². The molecule has 0 aliphatic heterocycles. The lowest BCUT2D eigenvalue weighted by atomic mass is 9.75. The van der Waals surface area contributed by atoms with Gasteiger partial charge < -0.3 is 21.6 Å². The zero-order chi connectivity index (χ0) is 14.5. The highest BCUT2D eigenvalue weighted by Crippen LogP contribution is 2.35. The molecule has 2 nitrogen and oxygen atoms in total. The van der Waals surface area contributed by atoms with Crippen molar-refractivity contribution in [1.82, 2.24) is 0 Å². The van der Waals surface area contributed by atoms with E-state index in [0.717, 1.165) is 29.0 Å². The zero-order valence-electron chi connectivity index (χ0n) is 14.5. The average molecular weight is 306 g/mol. The van der Waals surface area contributed by atoms with E-state index in [-0.39, 0.29) is 12.4 Å². The Balaban J connectivity index is 0.00000361. The van der Waals surface area contributed by atoms with Gasteiger partial charge in [0.25, 0.3) is 0 Å². The Morgan fingerprint density at radius 3 is 2.40 bits per heavy atom. The smallest absolute Gasteiger partial charge is 0.183 e. The van der Waals surface area contributed by atoms with Gasteiger partial charge in [-0.1, -0.05) is 40.5 Å². The van der Waals surface area contributed by atoms with Crippen molar-refractivity contribution in [1.29, 1.82) is 0 Å². The van der Waals surface area contributed by atoms with Gasteiger partial charge in [0.1, 0.15) is 0 Å². The zero-order valence-corrected chi connectivity index (χ0v) is 15.2. The molecule has 0 heterocycles. The Morgan fingerprint density at radius 2 is 1.85 bits per heavy atom. The molecule has 0 bridgehead atoms. The molecule has 0 spiro atoms. The Labute approximate surface area is 133 Å². The summed E-state index contributed by atoms with van der Waals surface area (Å²) in [7, 11) is 4.60. The van der Waals surface area contributed by atoms with Gasteiger partial charge in [-0.2, -0.15) is 0 Å². The van der Waals surface area contributed by atoms with Crippen molar-refractivity contribution < 1.29 is 21.6 Å². The van der Waals surface area contributed by atoms with Crippen LogP contribution in [0, 0.1) is 17.8 Å². The maximum atomic E-state index is 6.36. The first-order chi connectivity index (χ1) is 8.85. The van der Waals surface area contributed by atoms with Gasteiger partial charge in [-0.15, -0.1) is 0 Å². The molecule has 1 aliphatic carbocycles. The topological polar surface area (TPSA) is 9.23 Å². The molecule has 3 atom stereocenters. The Bertz CT molecular complexity index is 255. The maximum Gasteiger partial charge on any atom is 0.183 e. The van der Waals surface area contributed by atoms with Gasteiger partial charge in [-0.05, 0) is 37.0 Å². The fourth-order valence-corrected chi connectivity index (χ4v) is 3.25. The quantitative estimate of drug-likeness (QED) is 0.509. The summed E-state index contributed by atoms with van der Waals surface area (Å²) in [5.74, 6) is 2.36. The van der Waals surface area contributed by atoms with E-state index in [1.807, 2.05) is 0 Å². The van der Waals surface area contributed by atoms with Crippen molar-refractivity contribution in [2.45, 2.75) is 65.9 Å². The van der Waals surface area contributed by atoms with Crippen LogP contribution in [-0.2, 0) is 4.74 Å². The first-order valence-corrected chi connectivity index (χ1v) is 8.29. The van der Waals surface area contributed by atoms with E-state index in [4.69, 9.17) is 4.74 Å². The van der Waals surface area contributed by atoms with Crippen LogP contribution in [0.2, 0.25) is 0 Å². The van der Waals surface area contributed by atoms with Crippen molar-refractivity contribution in [2.24, 2.45) is 17.8 Å². The van der Waals surface area contributed by atoms with E-state index < -0.39 is 0 Å². The number of hydrogen-bond donors (Lipinski definition) is 0. The lowest BCUT2D eigenvalue weighted by Gasteiger charge is -2.39. The number of nitrogens with zero attached hydrogens (tertiary/aromatic N) is 1. The summed E-state index contributed by atoms with van der Waals surface area (Å²) in [5.41, 5.74) is 0. The fraction of sp³-hybridized carbons (Fsp3) is 1.00. The summed E-state index contributed by atoms with van der Waals surface area (Å²) >= 11 is 0. The van der Waals surface area contributed by atoms with Crippen LogP contribution in [0.3, 0.4) is 0 Å². The van der Waals surface area contributed by atoms with Gasteiger partial charge in [-0.25, -0.2) is 0 Å². The number of halogens is 1. The minimum atomic E-state index is 0. The van der Waals surface area contributed by atoms with Crippen molar-refractivity contribution in [3.05, 3.63) is 0 Å². The molecule has 0 aromatic heterocycles. The van der Waals surface area contributed by atoms with Crippen molar-refractivity contribution in [3.63, 3.8) is 0 Å². The SMILES string of the molecule is CCCC[N+](C)(C)CO[C@@H]1C[C@H](C)CC[C@H]1C(C)C.[Cl-]. The molecule has 1 fully saturated rings. The van der Waals surface area contributed by atoms with Crippen molar-refractivity contribution in [3.8, 4) is 0 Å². The van der Waals surface area contributed by atoms with Crippen LogP contribution in [0.15, 0.2) is 0 Å². The van der Waals surface area contributed by atoms with E-state index in [9.17, 15) is 0 Å². The van der Waals surface area contributed by atoms with Gasteiger partial charge in [0.05, 0.1) is 26.7 Å². The molecule has 0 unspecified atom stereocenters. The van der Waals surface area contributed by atoms with Crippen LogP contribution >= 0.6 is 0 Å². The number of ether oxygens (including phenoxy) is 1. The van der Waals surface area contributed by atoms with Crippen molar-refractivity contribution in [2.75, 3.05) is 27.4 Å². The number of unbranched alkanes of at least 4 members (excludes halogenated alkanes) is 1. The van der Waals surface area contributed by atoms with Crippen LogP contribution in [0.25, 0.3) is 0 Å². The molecule has 0 N–H and O–H groups in total. The van der Waals surface area contributed by atoms with E-state index in [1.54, 1.807) is 0 Å². The third kappa shape index (κ3) is 6.78. The summed E-state index contributed by atoms with van der Waals surface area (Å²) in [6, 6.07) is 0. The highest BCUT2D eigenvalue weighted by atomic mass is 35.5. The predicted molar refractivity (Wildman–Crippen MR) is 83.0 cm³/mol. The molecule has 3 heteroatoms. The summed E-state index contributed by atoms with van der Waals surface area (Å²) in [4.78, 5) is 0. The minimum absolute atomic E-state index is 0. The largest absolute Gasteiger partial charge is 1.00 e. The van der Waals surface area contributed by atoms with Crippen LogP contribution in [0.5, 0.6) is 0 Å². The molecule has 0 radical (unpaired) electrons. The number of rotatable bonds is 7. The number of hydrogen-bond acceptors (Lipinski definition) is 1. The maximum absolute atomic E-state index is 6.36. The highest BCUT2D eigenvalue weighted by Gasteiger charge is 2.32. The Hall–Kier alpha value is 0.210. The van der Waals surface area contributed by atoms with Crippen LogP contribution < -0.4 is 12.4 Å². The summed E-state index contributed by atoms with van der Waals surface area (Å²) in [6.45, 7) is 11.5. The molecular formula is C17H36ClNO. The van der Waals surface area contributed by atoms with Crippen LogP contribution in [0.4, 0.5) is 0 Å². The normalized spacial score (nSPS) is 27.4. The Morgan fingerprint density at radius 1 is 1.20 bits per heavy atom. The monoisotopic (exact) mass is 305 g/mol. The standard InChI is InChI=1S/C17H36NO.ClH/c1-7-8-11-18(5,6)13-19-17-12-15(4)9-10-16(17)14(2)3;/h14-17H,7-13H2,1-6H3;1H/q+1;/p-1/t15-,16+,17-;/m1./s1. The first kappa shape index (κ1) is 20.2. The molecule has 1 aliphatic rings. The van der Waals surface area contributed by atoms with Gasteiger partial charge in [-0.3, -0.25) is 0 Å². The predicted octanol–water partition coefficient (Wildman–Crippen LogP) is 1.30. The molecule has 122 valence electrons. The summed E-state index contributed by atoms with van der Waals surface area (Å²) in [6.07, 6.45) is 7.06. The lowest BCUT2D eigenvalue weighted by molar-refractivity contribution is -0.911. The first-order valence-electron chi connectivity index (χ1n) is 8.29. The lowest BCUT2D eigenvalue weighted by Crippen LogP contribution is -3.00. The third-order valence-corrected chi connectivity index (χ3v) is 4.72.